The van der Waals surface area contributed by atoms with Crippen LogP contribution < -0.4 is 5.73 Å². The fourth-order valence-electron chi connectivity index (χ4n) is 2.23. The molecule has 2 aromatic rings. The van der Waals surface area contributed by atoms with Crippen molar-refractivity contribution in [2.75, 3.05) is 6.54 Å². The molecule has 0 amide bonds. The summed E-state index contributed by atoms with van der Waals surface area (Å²) in [7, 11) is 1.92. The van der Waals surface area contributed by atoms with Crippen LogP contribution in [0.4, 0.5) is 0 Å². The molecule has 0 aromatic carbocycles. The molecule has 0 saturated heterocycles. The molecule has 1 atom stereocenters. The molecule has 0 saturated carbocycles. The SMILES string of the molecule is Cc1nn(C)cc1-c1cnc(C(CN)C(C)C)[nH]1. The monoisotopic (exact) mass is 247 g/mol. The number of nitrogens with zero attached hydrogens (tertiary/aromatic N) is 3. The van der Waals surface area contributed by atoms with Gasteiger partial charge in [-0.05, 0) is 12.8 Å². The van der Waals surface area contributed by atoms with Gasteiger partial charge in [0.25, 0.3) is 0 Å². The molecule has 2 heterocycles. The quantitative estimate of drug-likeness (QED) is 0.865. The smallest absolute Gasteiger partial charge is 0.111 e. The number of hydrogen-bond acceptors (Lipinski definition) is 3. The molecule has 0 fully saturated rings. The molecule has 5 nitrogen and oxygen atoms in total. The normalized spacial score (nSPS) is 13.2. The molecule has 0 aliphatic rings. The van der Waals surface area contributed by atoms with Crippen molar-refractivity contribution in [2.24, 2.45) is 18.7 Å². The second-order valence-electron chi connectivity index (χ2n) is 5.07. The molecule has 0 radical (unpaired) electrons. The number of nitrogens with one attached hydrogen (secondary N) is 1. The third-order valence-electron chi connectivity index (χ3n) is 3.31. The average molecular weight is 247 g/mol. The van der Waals surface area contributed by atoms with Crippen LogP contribution in [0.15, 0.2) is 12.4 Å². The molecular weight excluding hydrogens is 226 g/mol. The minimum absolute atomic E-state index is 0.274. The van der Waals surface area contributed by atoms with Gasteiger partial charge in [0.05, 0.1) is 17.6 Å². The van der Waals surface area contributed by atoms with Crippen LogP contribution in [0.1, 0.15) is 31.3 Å². The van der Waals surface area contributed by atoms with E-state index in [4.69, 9.17) is 5.73 Å². The van der Waals surface area contributed by atoms with Gasteiger partial charge in [0, 0.05) is 31.3 Å². The Morgan fingerprint density at radius 1 is 1.44 bits per heavy atom. The van der Waals surface area contributed by atoms with Crippen LogP contribution in [0.25, 0.3) is 11.3 Å². The molecule has 5 heteroatoms. The highest BCUT2D eigenvalue weighted by Gasteiger charge is 2.18. The first kappa shape index (κ1) is 12.8. The van der Waals surface area contributed by atoms with E-state index < -0.39 is 0 Å². The van der Waals surface area contributed by atoms with E-state index in [0.717, 1.165) is 22.8 Å². The third-order valence-corrected chi connectivity index (χ3v) is 3.31. The van der Waals surface area contributed by atoms with E-state index in [9.17, 15) is 0 Å². The fraction of sp³-hybridized carbons (Fsp3) is 0.538. The van der Waals surface area contributed by atoms with Crippen LogP contribution in [0.5, 0.6) is 0 Å². The Hall–Kier alpha value is -1.62. The number of nitrogens with two attached hydrogens (primary N) is 1. The Kier molecular flexibility index (Phi) is 3.52. The molecule has 0 bridgehead atoms. The summed E-state index contributed by atoms with van der Waals surface area (Å²) in [5.41, 5.74) is 8.91. The number of H-pyrrole nitrogens is 1. The number of imidazole rings is 1. The maximum Gasteiger partial charge on any atom is 0.111 e. The van der Waals surface area contributed by atoms with E-state index in [1.54, 1.807) is 0 Å². The van der Waals surface area contributed by atoms with Gasteiger partial charge in [-0.2, -0.15) is 5.10 Å². The van der Waals surface area contributed by atoms with Gasteiger partial charge in [-0.15, -0.1) is 0 Å². The average Bonchev–Trinajstić information content (AvgIpc) is 2.86. The van der Waals surface area contributed by atoms with E-state index in [1.807, 2.05) is 31.0 Å². The van der Waals surface area contributed by atoms with Gasteiger partial charge < -0.3 is 10.7 Å². The van der Waals surface area contributed by atoms with Crippen molar-refractivity contribution in [1.29, 1.82) is 0 Å². The number of aromatic amines is 1. The summed E-state index contributed by atoms with van der Waals surface area (Å²) in [4.78, 5) is 7.83. The summed E-state index contributed by atoms with van der Waals surface area (Å²) >= 11 is 0. The summed E-state index contributed by atoms with van der Waals surface area (Å²) in [6.07, 6.45) is 3.86. The maximum atomic E-state index is 5.81. The maximum absolute atomic E-state index is 5.81. The number of aromatic nitrogens is 4. The molecular formula is C13H21N5. The topological polar surface area (TPSA) is 72.5 Å². The molecule has 1 unspecified atom stereocenters. The molecule has 2 aromatic heterocycles. The predicted molar refractivity (Wildman–Crippen MR) is 72.2 cm³/mol. The van der Waals surface area contributed by atoms with Crippen LogP contribution >= 0.6 is 0 Å². The van der Waals surface area contributed by atoms with Crippen LogP contribution in [0.3, 0.4) is 0 Å². The van der Waals surface area contributed by atoms with Crippen molar-refractivity contribution in [3.05, 3.63) is 23.9 Å². The summed E-state index contributed by atoms with van der Waals surface area (Å²) in [6, 6.07) is 0. The van der Waals surface area contributed by atoms with E-state index >= 15 is 0 Å². The summed E-state index contributed by atoms with van der Waals surface area (Å²) in [5.74, 6) is 1.71. The Morgan fingerprint density at radius 3 is 2.67 bits per heavy atom. The Balaban J connectivity index is 2.33. The number of aryl methyl sites for hydroxylation is 2. The number of rotatable bonds is 4. The first-order valence-corrected chi connectivity index (χ1v) is 6.28. The lowest BCUT2D eigenvalue weighted by Crippen LogP contribution is -2.19. The van der Waals surface area contributed by atoms with Gasteiger partial charge in [-0.25, -0.2) is 4.98 Å². The van der Waals surface area contributed by atoms with Gasteiger partial charge in [-0.1, -0.05) is 13.8 Å². The van der Waals surface area contributed by atoms with Crippen LogP contribution in [-0.4, -0.2) is 26.3 Å². The summed E-state index contributed by atoms with van der Waals surface area (Å²) < 4.78 is 1.81. The van der Waals surface area contributed by atoms with Crippen molar-refractivity contribution >= 4 is 0 Å². The Morgan fingerprint density at radius 2 is 2.17 bits per heavy atom. The zero-order valence-electron chi connectivity index (χ0n) is 11.4. The molecule has 3 N–H and O–H groups in total. The van der Waals surface area contributed by atoms with Gasteiger partial charge in [0.2, 0.25) is 0 Å². The lowest BCUT2D eigenvalue weighted by Gasteiger charge is -2.15. The summed E-state index contributed by atoms with van der Waals surface area (Å²) in [5, 5.41) is 4.34. The van der Waals surface area contributed by atoms with E-state index in [1.165, 1.54) is 0 Å². The largest absolute Gasteiger partial charge is 0.342 e. The molecule has 98 valence electrons. The lowest BCUT2D eigenvalue weighted by atomic mass is 9.95. The Bertz CT molecular complexity index is 523. The van der Waals surface area contributed by atoms with Crippen molar-refractivity contribution in [3.8, 4) is 11.3 Å². The van der Waals surface area contributed by atoms with E-state index in [2.05, 4.69) is 28.9 Å². The minimum atomic E-state index is 0.274. The zero-order chi connectivity index (χ0) is 13.3. The van der Waals surface area contributed by atoms with Gasteiger partial charge in [0.1, 0.15) is 5.82 Å². The number of hydrogen-bond donors (Lipinski definition) is 2. The second-order valence-corrected chi connectivity index (χ2v) is 5.07. The fourth-order valence-corrected chi connectivity index (χ4v) is 2.23. The molecule has 18 heavy (non-hydrogen) atoms. The zero-order valence-corrected chi connectivity index (χ0v) is 11.4. The Labute approximate surface area is 107 Å². The summed E-state index contributed by atoms with van der Waals surface area (Å²) in [6.45, 7) is 6.93. The molecule has 0 spiro atoms. The third kappa shape index (κ3) is 2.31. The highest BCUT2D eigenvalue weighted by molar-refractivity contribution is 5.60. The predicted octanol–water partition coefficient (Wildman–Crippen LogP) is 1.82. The van der Waals surface area contributed by atoms with Gasteiger partial charge in [0.15, 0.2) is 0 Å². The van der Waals surface area contributed by atoms with Crippen molar-refractivity contribution in [1.82, 2.24) is 19.7 Å². The first-order valence-electron chi connectivity index (χ1n) is 6.28. The minimum Gasteiger partial charge on any atom is -0.342 e. The first-order chi connectivity index (χ1) is 8.52. The second kappa shape index (κ2) is 4.94. The standard InChI is InChI=1S/C13H21N5/c1-8(2)10(5-14)13-15-6-12(16-13)11-7-18(4)17-9(11)3/h6-8,10H,5,14H2,1-4H3,(H,15,16). The lowest BCUT2D eigenvalue weighted by molar-refractivity contribution is 0.487. The van der Waals surface area contributed by atoms with Crippen molar-refractivity contribution in [3.63, 3.8) is 0 Å². The highest BCUT2D eigenvalue weighted by Crippen LogP contribution is 2.25. The molecule has 0 aliphatic heterocycles. The van der Waals surface area contributed by atoms with Crippen molar-refractivity contribution < 1.29 is 0 Å². The van der Waals surface area contributed by atoms with Gasteiger partial charge >= 0.3 is 0 Å². The molecule has 0 aliphatic carbocycles. The highest BCUT2D eigenvalue weighted by atomic mass is 15.2. The van der Waals surface area contributed by atoms with Gasteiger partial charge in [-0.3, -0.25) is 4.68 Å². The van der Waals surface area contributed by atoms with Crippen molar-refractivity contribution in [2.45, 2.75) is 26.7 Å². The molecule has 2 rings (SSSR count). The van der Waals surface area contributed by atoms with Crippen LogP contribution in [-0.2, 0) is 7.05 Å². The van der Waals surface area contributed by atoms with Crippen LogP contribution in [0, 0.1) is 12.8 Å². The van der Waals surface area contributed by atoms with E-state index in [0.29, 0.717) is 12.5 Å². The van der Waals surface area contributed by atoms with Crippen LogP contribution in [0.2, 0.25) is 0 Å². The van der Waals surface area contributed by atoms with E-state index in [-0.39, 0.29) is 5.92 Å².